The van der Waals surface area contributed by atoms with Crippen LogP contribution in [0.3, 0.4) is 0 Å². The van der Waals surface area contributed by atoms with Crippen molar-refractivity contribution in [3.05, 3.63) is 76.4 Å². The number of carbonyl (C=O) groups excluding carboxylic acids is 3. The Kier molecular flexibility index (Phi) is 5.13. The summed E-state index contributed by atoms with van der Waals surface area (Å²) in [7, 11) is 0. The van der Waals surface area contributed by atoms with Gasteiger partial charge in [0, 0.05) is 0 Å². The van der Waals surface area contributed by atoms with E-state index in [0.717, 1.165) is 10.5 Å². The molecular formula is C21H16N2O4. The maximum Gasteiger partial charge on any atom is 0.348 e. The number of aryl methyl sites for hydroxylation is 1. The quantitative estimate of drug-likeness (QED) is 0.354. The normalized spacial score (nSPS) is 13.3. The van der Waals surface area contributed by atoms with E-state index in [9.17, 15) is 19.6 Å². The Hall–Kier alpha value is -3.72. The van der Waals surface area contributed by atoms with Crippen LogP contribution in [0, 0.1) is 18.3 Å². The van der Waals surface area contributed by atoms with E-state index in [4.69, 9.17) is 4.74 Å². The summed E-state index contributed by atoms with van der Waals surface area (Å²) in [6.07, 6.45) is 1.43. The molecule has 0 aliphatic carbocycles. The van der Waals surface area contributed by atoms with Crippen molar-refractivity contribution in [3.63, 3.8) is 0 Å². The van der Waals surface area contributed by atoms with Gasteiger partial charge in [0.05, 0.1) is 17.7 Å². The summed E-state index contributed by atoms with van der Waals surface area (Å²) in [6, 6.07) is 15.7. The van der Waals surface area contributed by atoms with Crippen LogP contribution in [0.25, 0.3) is 6.08 Å². The van der Waals surface area contributed by atoms with Gasteiger partial charge in [-0.3, -0.25) is 14.5 Å². The monoisotopic (exact) mass is 360 g/mol. The molecule has 1 aliphatic heterocycles. The zero-order valence-corrected chi connectivity index (χ0v) is 14.6. The molecule has 134 valence electrons. The van der Waals surface area contributed by atoms with Crippen molar-refractivity contribution in [3.8, 4) is 6.07 Å². The summed E-state index contributed by atoms with van der Waals surface area (Å²) < 4.78 is 5.07. The number of imide groups is 1. The van der Waals surface area contributed by atoms with E-state index in [-0.39, 0.29) is 18.7 Å². The summed E-state index contributed by atoms with van der Waals surface area (Å²) in [6.45, 7) is 1.69. The summed E-state index contributed by atoms with van der Waals surface area (Å²) in [4.78, 5) is 37.6. The lowest BCUT2D eigenvalue weighted by molar-refractivity contribution is -0.138. The predicted octanol–water partition coefficient (Wildman–Crippen LogP) is 2.74. The number of carbonyl (C=O) groups is 3. The topological polar surface area (TPSA) is 87.5 Å². The van der Waals surface area contributed by atoms with Gasteiger partial charge >= 0.3 is 5.97 Å². The molecule has 0 spiro atoms. The molecule has 27 heavy (non-hydrogen) atoms. The van der Waals surface area contributed by atoms with Crippen molar-refractivity contribution in [2.24, 2.45) is 0 Å². The molecule has 0 N–H and O–H groups in total. The molecule has 0 saturated heterocycles. The summed E-state index contributed by atoms with van der Waals surface area (Å²) in [5.74, 6) is -1.63. The minimum Gasteiger partial charge on any atom is -0.460 e. The van der Waals surface area contributed by atoms with Crippen molar-refractivity contribution in [2.75, 3.05) is 13.2 Å². The number of hydrogen-bond donors (Lipinski definition) is 0. The first-order valence-corrected chi connectivity index (χ1v) is 8.32. The van der Waals surface area contributed by atoms with Crippen molar-refractivity contribution in [2.45, 2.75) is 6.92 Å². The number of benzene rings is 2. The minimum atomic E-state index is -0.797. The van der Waals surface area contributed by atoms with Crippen LogP contribution in [0.1, 0.15) is 31.8 Å². The van der Waals surface area contributed by atoms with E-state index in [1.165, 1.54) is 6.08 Å². The Balaban J connectivity index is 1.61. The Morgan fingerprint density at radius 1 is 1.07 bits per heavy atom. The van der Waals surface area contributed by atoms with Crippen LogP contribution in [0.5, 0.6) is 0 Å². The van der Waals surface area contributed by atoms with Gasteiger partial charge in [0.2, 0.25) is 0 Å². The highest BCUT2D eigenvalue weighted by Crippen LogP contribution is 2.22. The number of rotatable bonds is 5. The lowest BCUT2D eigenvalue weighted by atomic mass is 10.1. The molecule has 0 fully saturated rings. The first kappa shape index (κ1) is 18.1. The Morgan fingerprint density at radius 3 is 2.22 bits per heavy atom. The molecule has 0 atom stereocenters. The van der Waals surface area contributed by atoms with Crippen LogP contribution >= 0.6 is 0 Å². The van der Waals surface area contributed by atoms with E-state index in [1.54, 1.807) is 36.4 Å². The number of nitrogens with zero attached hydrogens (tertiary/aromatic N) is 2. The third kappa shape index (κ3) is 3.77. The molecule has 6 heteroatoms. The molecule has 0 bridgehead atoms. The third-order valence-corrected chi connectivity index (χ3v) is 4.15. The number of hydrogen-bond acceptors (Lipinski definition) is 5. The molecule has 0 saturated carbocycles. The lowest BCUT2D eigenvalue weighted by Crippen LogP contribution is -2.33. The number of ether oxygens (including phenoxy) is 1. The molecule has 2 aromatic carbocycles. The average Bonchev–Trinajstić information content (AvgIpc) is 2.92. The molecule has 0 unspecified atom stereocenters. The molecule has 1 heterocycles. The predicted molar refractivity (Wildman–Crippen MR) is 97.5 cm³/mol. The van der Waals surface area contributed by atoms with E-state index in [0.29, 0.717) is 16.7 Å². The van der Waals surface area contributed by atoms with Gasteiger partial charge in [-0.1, -0.05) is 42.0 Å². The zero-order chi connectivity index (χ0) is 19.4. The van der Waals surface area contributed by atoms with Crippen LogP contribution in [0.2, 0.25) is 0 Å². The van der Waals surface area contributed by atoms with Crippen LogP contribution in [0.15, 0.2) is 54.1 Å². The fourth-order valence-corrected chi connectivity index (χ4v) is 2.72. The van der Waals surface area contributed by atoms with Crippen molar-refractivity contribution in [1.29, 1.82) is 5.26 Å². The second kappa shape index (κ2) is 7.67. The third-order valence-electron chi connectivity index (χ3n) is 4.15. The van der Waals surface area contributed by atoms with E-state index < -0.39 is 17.8 Å². The molecule has 2 amide bonds. The second-order valence-corrected chi connectivity index (χ2v) is 6.02. The fourth-order valence-electron chi connectivity index (χ4n) is 2.72. The first-order valence-electron chi connectivity index (χ1n) is 8.32. The van der Waals surface area contributed by atoms with Crippen LogP contribution in [-0.2, 0) is 9.53 Å². The Morgan fingerprint density at radius 2 is 1.67 bits per heavy atom. The van der Waals surface area contributed by atoms with Gasteiger partial charge in [-0.15, -0.1) is 0 Å². The Labute approximate surface area is 156 Å². The van der Waals surface area contributed by atoms with Crippen molar-refractivity contribution < 1.29 is 19.1 Å². The highest BCUT2D eigenvalue weighted by molar-refractivity contribution is 6.21. The number of nitriles is 1. The van der Waals surface area contributed by atoms with Gasteiger partial charge in [-0.25, -0.2) is 4.79 Å². The molecular weight excluding hydrogens is 344 g/mol. The van der Waals surface area contributed by atoms with Gasteiger partial charge in [-0.2, -0.15) is 5.26 Å². The Bertz CT molecular complexity index is 949. The number of esters is 1. The van der Waals surface area contributed by atoms with Gasteiger partial charge in [0.15, 0.2) is 0 Å². The smallest absolute Gasteiger partial charge is 0.348 e. The molecule has 6 nitrogen and oxygen atoms in total. The maximum atomic E-state index is 12.2. The average molecular weight is 360 g/mol. The molecule has 2 aromatic rings. The molecule has 0 aromatic heterocycles. The number of amides is 2. The maximum absolute atomic E-state index is 12.2. The lowest BCUT2D eigenvalue weighted by Gasteiger charge is -2.13. The molecule has 3 rings (SSSR count). The van der Waals surface area contributed by atoms with Gasteiger partial charge < -0.3 is 4.74 Å². The van der Waals surface area contributed by atoms with Crippen LogP contribution < -0.4 is 0 Å². The largest absolute Gasteiger partial charge is 0.460 e. The molecule has 0 radical (unpaired) electrons. The summed E-state index contributed by atoms with van der Waals surface area (Å²) >= 11 is 0. The first-order chi connectivity index (χ1) is 13.0. The second-order valence-electron chi connectivity index (χ2n) is 6.02. The van der Waals surface area contributed by atoms with Crippen LogP contribution in [-0.4, -0.2) is 35.8 Å². The van der Waals surface area contributed by atoms with Crippen molar-refractivity contribution >= 4 is 23.9 Å². The van der Waals surface area contributed by atoms with Gasteiger partial charge in [-0.05, 0) is 30.7 Å². The fraction of sp³-hybridized carbons (Fsp3) is 0.143. The minimum absolute atomic E-state index is 0.0681. The standard InChI is InChI=1S/C21H16N2O4/c1-14-6-8-15(9-7-14)12-16(13-22)21(26)27-11-10-23-19(24)17-4-2-3-5-18(17)20(23)25/h2-9,12H,10-11H2,1H3/b16-12+. The van der Waals surface area contributed by atoms with E-state index in [1.807, 2.05) is 25.1 Å². The number of fused-ring (bicyclic) bond motifs is 1. The van der Waals surface area contributed by atoms with E-state index >= 15 is 0 Å². The highest BCUT2D eigenvalue weighted by Gasteiger charge is 2.34. The van der Waals surface area contributed by atoms with Gasteiger partial charge in [0.1, 0.15) is 18.2 Å². The summed E-state index contributed by atoms with van der Waals surface area (Å²) in [5.41, 5.74) is 2.29. The highest BCUT2D eigenvalue weighted by atomic mass is 16.5. The van der Waals surface area contributed by atoms with Crippen molar-refractivity contribution in [1.82, 2.24) is 4.90 Å². The van der Waals surface area contributed by atoms with E-state index in [2.05, 4.69) is 0 Å². The SMILES string of the molecule is Cc1ccc(/C=C(\C#N)C(=O)OCCN2C(=O)c3ccccc3C2=O)cc1. The summed E-state index contributed by atoms with van der Waals surface area (Å²) in [5, 5.41) is 9.19. The van der Waals surface area contributed by atoms with Crippen LogP contribution in [0.4, 0.5) is 0 Å². The van der Waals surface area contributed by atoms with Gasteiger partial charge in [0.25, 0.3) is 11.8 Å². The zero-order valence-electron chi connectivity index (χ0n) is 14.6. The molecule has 1 aliphatic rings.